The van der Waals surface area contributed by atoms with Crippen molar-refractivity contribution >= 4 is 52.1 Å². The molecular weight excluding hydrogens is 333 g/mol. The lowest BCUT2D eigenvalue weighted by atomic mass is 10.3. The molecule has 0 amide bonds. The summed E-state index contributed by atoms with van der Waals surface area (Å²) in [4.78, 5) is 11.9. The van der Waals surface area contributed by atoms with Crippen molar-refractivity contribution in [2.24, 2.45) is 4.99 Å². The minimum atomic E-state index is 0.0608. The van der Waals surface area contributed by atoms with Crippen LogP contribution in [0, 0.1) is 0 Å². The average molecular weight is 342 g/mol. The van der Waals surface area contributed by atoms with Gasteiger partial charge in [-0.15, -0.1) is 0 Å². The highest BCUT2D eigenvalue weighted by molar-refractivity contribution is 7.80. The zero-order valence-corrected chi connectivity index (χ0v) is 12.7. The quantitative estimate of drug-likeness (QED) is 0.337. The first-order valence-corrected chi connectivity index (χ1v) is 6.78. The molecule has 2 rings (SSSR count). The maximum Gasteiger partial charge on any atom is 0.199 e. The summed E-state index contributed by atoms with van der Waals surface area (Å²) in [7, 11) is 0. The second-order valence-corrected chi connectivity index (χ2v) is 4.95. The van der Waals surface area contributed by atoms with Gasteiger partial charge >= 0.3 is 0 Å². The van der Waals surface area contributed by atoms with Crippen LogP contribution in [0.3, 0.4) is 0 Å². The summed E-state index contributed by atoms with van der Waals surface area (Å²) < 4.78 is 0. The molecule has 0 atom stereocenters. The molecule has 0 spiro atoms. The van der Waals surface area contributed by atoms with Gasteiger partial charge in [0.05, 0.1) is 16.9 Å². The van der Waals surface area contributed by atoms with E-state index in [1.165, 1.54) is 18.6 Å². The van der Waals surface area contributed by atoms with Gasteiger partial charge in [0, 0.05) is 17.4 Å². The highest BCUT2D eigenvalue weighted by atomic mass is 35.5. The molecule has 0 aliphatic heterocycles. The highest BCUT2D eigenvalue weighted by Crippen LogP contribution is 2.25. The van der Waals surface area contributed by atoms with Gasteiger partial charge in [-0.1, -0.05) is 23.2 Å². The smallest absolute Gasteiger partial charge is 0.199 e. The summed E-state index contributed by atoms with van der Waals surface area (Å²) in [6, 6.07) is 4.91. The predicted octanol–water partition coefficient (Wildman–Crippen LogP) is 2.91. The Morgan fingerprint density at radius 2 is 2.10 bits per heavy atom. The lowest BCUT2D eigenvalue weighted by molar-refractivity contribution is 0.235. The van der Waals surface area contributed by atoms with E-state index in [-0.39, 0.29) is 10.9 Å². The fraction of sp³-hybridized carbons (Fsp3) is 0. The van der Waals surface area contributed by atoms with E-state index in [4.69, 9.17) is 40.6 Å². The molecule has 0 saturated heterocycles. The van der Waals surface area contributed by atoms with Crippen LogP contribution in [0.2, 0.25) is 10.0 Å². The molecule has 21 heavy (non-hydrogen) atoms. The van der Waals surface area contributed by atoms with Crippen molar-refractivity contribution in [2.75, 3.05) is 5.32 Å². The van der Waals surface area contributed by atoms with Crippen molar-refractivity contribution in [3.05, 3.63) is 52.5 Å². The van der Waals surface area contributed by atoms with Crippen LogP contribution in [0.1, 0.15) is 5.69 Å². The third kappa shape index (κ3) is 4.33. The molecular formula is C12H9Cl2N5OS. The Bertz CT molecular complexity index is 681. The number of hydroxylamine groups is 1. The monoisotopic (exact) mass is 341 g/mol. The van der Waals surface area contributed by atoms with Crippen molar-refractivity contribution in [1.29, 1.82) is 0 Å². The van der Waals surface area contributed by atoms with Gasteiger partial charge in [0.1, 0.15) is 5.69 Å². The summed E-state index contributed by atoms with van der Waals surface area (Å²) in [5.74, 6) is 0.0608. The average Bonchev–Trinajstić information content (AvgIpc) is 2.48. The summed E-state index contributed by atoms with van der Waals surface area (Å²) in [6.45, 7) is 0. The molecule has 3 N–H and O–H groups in total. The standard InChI is InChI=1S/C12H9Cl2N5OS/c13-7-1-2-9(8(14)5-7)17-12(21)18-11(19-20)10-6-15-3-4-16-10/h1-6,20H,(H2,17,18,19,21). The normalized spacial score (nSPS) is 11.1. The van der Waals surface area contributed by atoms with Gasteiger partial charge in [0.2, 0.25) is 0 Å². The van der Waals surface area contributed by atoms with Gasteiger partial charge < -0.3 is 5.32 Å². The van der Waals surface area contributed by atoms with E-state index in [2.05, 4.69) is 20.3 Å². The van der Waals surface area contributed by atoms with E-state index < -0.39 is 0 Å². The number of benzene rings is 1. The Hall–Kier alpha value is -1.80. The number of rotatable bonds is 2. The summed E-state index contributed by atoms with van der Waals surface area (Å²) in [5, 5.41) is 12.9. The molecule has 0 fully saturated rings. The topological polar surface area (TPSA) is 82.4 Å². The minimum absolute atomic E-state index is 0.0608. The highest BCUT2D eigenvalue weighted by Gasteiger charge is 2.07. The number of halogens is 2. The van der Waals surface area contributed by atoms with E-state index in [1.54, 1.807) is 18.2 Å². The van der Waals surface area contributed by atoms with Crippen LogP contribution >= 0.6 is 35.4 Å². The fourth-order valence-corrected chi connectivity index (χ4v) is 2.05. The van der Waals surface area contributed by atoms with E-state index in [1.807, 2.05) is 5.48 Å². The molecule has 0 unspecified atom stereocenters. The van der Waals surface area contributed by atoms with Crippen LogP contribution in [0.15, 0.2) is 41.8 Å². The van der Waals surface area contributed by atoms with Crippen LogP contribution in [-0.2, 0) is 0 Å². The zero-order valence-electron chi connectivity index (χ0n) is 10.4. The first-order chi connectivity index (χ1) is 10.1. The zero-order chi connectivity index (χ0) is 15.2. The fourth-order valence-electron chi connectivity index (χ4n) is 1.40. The van der Waals surface area contributed by atoms with Crippen molar-refractivity contribution in [2.45, 2.75) is 0 Å². The molecule has 1 aromatic heterocycles. The largest absolute Gasteiger partial charge is 0.330 e. The predicted molar refractivity (Wildman–Crippen MR) is 86.2 cm³/mol. The van der Waals surface area contributed by atoms with Gasteiger partial charge in [-0.2, -0.15) is 4.99 Å². The van der Waals surface area contributed by atoms with E-state index >= 15 is 0 Å². The van der Waals surface area contributed by atoms with Crippen LogP contribution in [-0.4, -0.2) is 26.1 Å². The molecule has 0 radical (unpaired) electrons. The lowest BCUT2D eigenvalue weighted by Gasteiger charge is -2.08. The maximum absolute atomic E-state index is 9.11. The summed E-state index contributed by atoms with van der Waals surface area (Å²) >= 11 is 16.9. The second-order valence-electron chi connectivity index (χ2n) is 3.72. The van der Waals surface area contributed by atoms with Gasteiger partial charge in [0.25, 0.3) is 0 Å². The Morgan fingerprint density at radius 1 is 1.29 bits per heavy atom. The van der Waals surface area contributed by atoms with Crippen LogP contribution < -0.4 is 10.8 Å². The minimum Gasteiger partial charge on any atom is -0.330 e. The van der Waals surface area contributed by atoms with Crippen LogP contribution in [0.4, 0.5) is 5.69 Å². The van der Waals surface area contributed by atoms with E-state index in [9.17, 15) is 0 Å². The van der Waals surface area contributed by atoms with Gasteiger partial charge in [-0.3, -0.25) is 15.7 Å². The van der Waals surface area contributed by atoms with Crippen molar-refractivity contribution in [1.82, 2.24) is 15.4 Å². The summed E-state index contributed by atoms with van der Waals surface area (Å²) in [6.07, 6.45) is 4.40. The number of nitrogens with zero attached hydrogens (tertiary/aromatic N) is 3. The number of amidine groups is 1. The molecule has 0 saturated carbocycles. The Balaban J connectivity index is 2.18. The molecule has 1 aromatic carbocycles. The van der Waals surface area contributed by atoms with Crippen molar-refractivity contribution in [3.63, 3.8) is 0 Å². The number of hydrogen-bond donors (Lipinski definition) is 3. The number of nitrogens with one attached hydrogen (secondary N) is 2. The molecule has 108 valence electrons. The Morgan fingerprint density at radius 3 is 2.71 bits per heavy atom. The number of aliphatic imine (C=N–C) groups is 1. The summed E-state index contributed by atoms with van der Waals surface area (Å²) in [5.41, 5.74) is 2.81. The molecule has 6 nitrogen and oxygen atoms in total. The Kier molecular flexibility index (Phi) is 5.40. The Labute approximate surface area is 135 Å². The molecule has 0 bridgehead atoms. The number of thiocarbonyl (C=S) groups is 1. The first-order valence-electron chi connectivity index (χ1n) is 5.61. The molecule has 1 heterocycles. The van der Waals surface area contributed by atoms with Gasteiger partial charge in [-0.25, -0.2) is 4.98 Å². The number of hydrogen-bond acceptors (Lipinski definition) is 4. The van der Waals surface area contributed by atoms with Gasteiger partial charge in [-0.05, 0) is 30.4 Å². The first kappa shape index (κ1) is 15.6. The second kappa shape index (κ2) is 7.28. The molecule has 2 aromatic rings. The van der Waals surface area contributed by atoms with Crippen LogP contribution in [0.25, 0.3) is 0 Å². The molecule has 0 aliphatic carbocycles. The van der Waals surface area contributed by atoms with Crippen molar-refractivity contribution in [3.8, 4) is 0 Å². The van der Waals surface area contributed by atoms with Crippen molar-refractivity contribution < 1.29 is 5.21 Å². The third-order valence-corrected chi connectivity index (χ3v) is 3.04. The van der Waals surface area contributed by atoms with Gasteiger partial charge in [0.15, 0.2) is 10.9 Å². The lowest BCUT2D eigenvalue weighted by Crippen LogP contribution is -2.24. The molecule has 9 heteroatoms. The SMILES string of the molecule is ON/C(=N\C(=S)Nc1ccc(Cl)cc1Cl)c1cnccn1. The number of anilines is 1. The number of aromatic nitrogens is 2. The third-order valence-electron chi connectivity index (χ3n) is 2.30. The van der Waals surface area contributed by atoms with E-state index in [0.717, 1.165) is 0 Å². The molecule has 0 aliphatic rings. The van der Waals surface area contributed by atoms with E-state index in [0.29, 0.717) is 21.4 Å². The van der Waals surface area contributed by atoms with Crippen LogP contribution in [0.5, 0.6) is 0 Å². The maximum atomic E-state index is 9.11.